The van der Waals surface area contributed by atoms with Crippen LogP contribution in [0, 0.1) is 13.8 Å². The van der Waals surface area contributed by atoms with Gasteiger partial charge in [-0.2, -0.15) is 0 Å². The van der Waals surface area contributed by atoms with E-state index in [1.807, 2.05) is 18.0 Å². The van der Waals surface area contributed by atoms with E-state index in [0.717, 1.165) is 9.87 Å². The van der Waals surface area contributed by atoms with Gasteiger partial charge in [-0.1, -0.05) is 6.07 Å². The molecule has 9 heteroatoms. The minimum atomic E-state index is -4.13. The molecule has 0 saturated carbocycles. The minimum Gasteiger partial charge on any atom is -0.489 e. The number of hydrogen-bond acceptors (Lipinski definition) is 5. The van der Waals surface area contributed by atoms with Crippen molar-refractivity contribution in [2.24, 2.45) is 0 Å². The van der Waals surface area contributed by atoms with Crippen molar-refractivity contribution in [3.05, 3.63) is 50.3 Å². The fourth-order valence-corrected chi connectivity index (χ4v) is 4.22. The van der Waals surface area contributed by atoms with Gasteiger partial charge in [-0.15, -0.1) is 0 Å². The molecule has 1 aromatic carbocycles. The van der Waals surface area contributed by atoms with Crippen molar-refractivity contribution in [1.29, 1.82) is 0 Å². The highest BCUT2D eigenvalue weighted by Gasteiger charge is 2.33. The smallest absolute Gasteiger partial charge is 0.325 e. The third-order valence-electron chi connectivity index (χ3n) is 3.56. The molecule has 0 unspecified atom stereocenters. The third-order valence-corrected chi connectivity index (χ3v) is 5.53. The van der Waals surface area contributed by atoms with Crippen LogP contribution in [0.2, 0.25) is 0 Å². The van der Waals surface area contributed by atoms with E-state index < -0.39 is 26.2 Å². The third kappa shape index (κ3) is 2.52. The van der Waals surface area contributed by atoms with Crippen molar-refractivity contribution < 1.29 is 13.2 Å². The lowest BCUT2D eigenvalue weighted by Gasteiger charge is -2.30. The summed E-state index contributed by atoms with van der Waals surface area (Å²) in [6.07, 6.45) is 0. The average molecular weight is 337 g/mol. The number of nitrogens with zero attached hydrogens (tertiary/aromatic N) is 1. The Morgan fingerprint density at radius 1 is 1.17 bits per heavy atom. The van der Waals surface area contributed by atoms with Gasteiger partial charge in [0.25, 0.3) is 15.6 Å². The SMILES string of the molecule is Cc1ccc2c(c1)N(S(=O)(=O)c1c(C)[nH]c(=O)[nH]c1=O)CCO2. The predicted molar refractivity (Wildman–Crippen MR) is 83.6 cm³/mol. The van der Waals surface area contributed by atoms with Crippen LogP contribution in [0.5, 0.6) is 5.75 Å². The zero-order valence-corrected chi connectivity index (χ0v) is 13.4. The summed E-state index contributed by atoms with van der Waals surface area (Å²) in [6, 6.07) is 5.19. The van der Waals surface area contributed by atoms with Crippen LogP contribution in [-0.2, 0) is 10.0 Å². The first-order valence-electron chi connectivity index (χ1n) is 6.90. The fraction of sp³-hybridized carbons (Fsp3) is 0.286. The van der Waals surface area contributed by atoms with Crippen molar-refractivity contribution in [2.75, 3.05) is 17.5 Å². The van der Waals surface area contributed by atoms with E-state index >= 15 is 0 Å². The molecule has 3 rings (SSSR count). The maximum atomic E-state index is 12.9. The van der Waals surface area contributed by atoms with E-state index in [0.29, 0.717) is 11.4 Å². The average Bonchev–Trinajstić information content (AvgIpc) is 2.44. The monoisotopic (exact) mass is 337 g/mol. The van der Waals surface area contributed by atoms with Gasteiger partial charge in [0.2, 0.25) is 0 Å². The Hall–Kier alpha value is -2.55. The Morgan fingerprint density at radius 3 is 2.61 bits per heavy atom. The molecule has 0 amide bonds. The van der Waals surface area contributed by atoms with Crippen LogP contribution >= 0.6 is 0 Å². The van der Waals surface area contributed by atoms with Gasteiger partial charge in [-0.25, -0.2) is 13.2 Å². The number of aryl methyl sites for hydroxylation is 2. The van der Waals surface area contributed by atoms with Crippen LogP contribution in [0.3, 0.4) is 0 Å². The van der Waals surface area contributed by atoms with E-state index in [9.17, 15) is 18.0 Å². The van der Waals surface area contributed by atoms with Crippen LogP contribution in [0.25, 0.3) is 0 Å². The standard InChI is InChI=1S/C14H15N3O5S/c1-8-3-4-11-10(7-8)17(5-6-22-11)23(20,21)12-9(2)15-14(19)16-13(12)18/h3-4,7H,5-6H2,1-2H3,(H2,15,16,18,19). The summed E-state index contributed by atoms with van der Waals surface area (Å²) in [6.45, 7) is 3.46. The van der Waals surface area contributed by atoms with E-state index in [2.05, 4.69) is 4.98 Å². The first-order valence-corrected chi connectivity index (χ1v) is 8.34. The van der Waals surface area contributed by atoms with Gasteiger partial charge in [-0.3, -0.25) is 14.1 Å². The fourth-order valence-electron chi connectivity index (χ4n) is 2.56. The highest BCUT2D eigenvalue weighted by Crippen LogP contribution is 2.35. The number of anilines is 1. The van der Waals surface area contributed by atoms with Crippen LogP contribution in [0.4, 0.5) is 5.69 Å². The molecule has 2 N–H and O–H groups in total. The summed E-state index contributed by atoms with van der Waals surface area (Å²) in [5.74, 6) is 0.434. The van der Waals surface area contributed by atoms with E-state index in [4.69, 9.17) is 4.74 Å². The maximum Gasteiger partial charge on any atom is 0.325 e. The molecular formula is C14H15N3O5S. The summed E-state index contributed by atoms with van der Waals surface area (Å²) in [5.41, 5.74) is -0.445. The number of benzene rings is 1. The number of rotatable bonds is 2. The number of aromatic amines is 2. The second kappa shape index (κ2) is 5.27. The van der Waals surface area contributed by atoms with Gasteiger partial charge < -0.3 is 9.72 Å². The van der Waals surface area contributed by atoms with Gasteiger partial charge in [0.1, 0.15) is 12.4 Å². The molecule has 1 aromatic heterocycles. The molecule has 0 aliphatic carbocycles. The van der Waals surface area contributed by atoms with Crippen molar-refractivity contribution in [3.63, 3.8) is 0 Å². The van der Waals surface area contributed by atoms with E-state index in [1.54, 1.807) is 12.1 Å². The minimum absolute atomic E-state index is 0.000514. The Balaban J connectivity index is 2.22. The second-order valence-corrected chi connectivity index (χ2v) is 7.06. The van der Waals surface area contributed by atoms with Crippen molar-refractivity contribution >= 4 is 15.7 Å². The Labute approximate surface area is 131 Å². The number of ether oxygens (including phenoxy) is 1. The van der Waals surface area contributed by atoms with Gasteiger partial charge in [0, 0.05) is 5.69 Å². The molecule has 0 spiro atoms. The quantitative estimate of drug-likeness (QED) is 0.817. The predicted octanol–water partition coefficient (Wildman–Crippen LogP) is 0.268. The molecule has 0 atom stereocenters. The maximum absolute atomic E-state index is 12.9. The molecule has 0 bridgehead atoms. The number of aromatic nitrogens is 2. The topological polar surface area (TPSA) is 112 Å². The summed E-state index contributed by atoms with van der Waals surface area (Å²) < 4.78 is 32.5. The number of H-pyrrole nitrogens is 2. The highest BCUT2D eigenvalue weighted by atomic mass is 32.2. The highest BCUT2D eigenvalue weighted by molar-refractivity contribution is 7.92. The first kappa shape index (κ1) is 15.3. The number of nitrogens with one attached hydrogen (secondary N) is 2. The molecule has 122 valence electrons. The zero-order valence-electron chi connectivity index (χ0n) is 12.5. The van der Waals surface area contributed by atoms with Gasteiger partial charge in [-0.05, 0) is 31.5 Å². The molecule has 1 aliphatic rings. The first-order chi connectivity index (χ1) is 10.8. The summed E-state index contributed by atoms with van der Waals surface area (Å²) in [4.78, 5) is 27.1. The van der Waals surface area contributed by atoms with E-state index in [-0.39, 0.29) is 18.8 Å². The molecule has 23 heavy (non-hydrogen) atoms. The second-order valence-electron chi connectivity index (χ2n) is 5.26. The summed E-state index contributed by atoms with van der Waals surface area (Å²) >= 11 is 0. The number of hydrogen-bond donors (Lipinski definition) is 2. The van der Waals surface area contributed by atoms with Gasteiger partial charge >= 0.3 is 5.69 Å². The number of sulfonamides is 1. The molecule has 2 heterocycles. The molecular weight excluding hydrogens is 322 g/mol. The molecule has 8 nitrogen and oxygen atoms in total. The van der Waals surface area contributed by atoms with Crippen LogP contribution < -0.4 is 20.3 Å². The van der Waals surface area contributed by atoms with Crippen molar-refractivity contribution in [3.8, 4) is 5.75 Å². The Bertz CT molecular complexity index is 990. The van der Waals surface area contributed by atoms with Crippen molar-refractivity contribution in [2.45, 2.75) is 18.7 Å². The van der Waals surface area contributed by atoms with Gasteiger partial charge in [0.15, 0.2) is 4.90 Å². The van der Waals surface area contributed by atoms with Gasteiger partial charge in [0.05, 0.1) is 12.2 Å². The lowest BCUT2D eigenvalue weighted by molar-refractivity contribution is 0.315. The summed E-state index contributed by atoms with van der Waals surface area (Å²) in [5, 5.41) is 0. The molecule has 0 fully saturated rings. The molecule has 0 radical (unpaired) electrons. The number of fused-ring (bicyclic) bond motifs is 1. The van der Waals surface area contributed by atoms with Crippen molar-refractivity contribution in [1.82, 2.24) is 9.97 Å². The zero-order chi connectivity index (χ0) is 16.8. The lowest BCUT2D eigenvalue weighted by atomic mass is 10.2. The van der Waals surface area contributed by atoms with Crippen LogP contribution in [-0.4, -0.2) is 31.5 Å². The molecule has 2 aromatic rings. The largest absolute Gasteiger partial charge is 0.489 e. The molecule has 1 aliphatic heterocycles. The lowest BCUT2D eigenvalue weighted by Crippen LogP contribution is -2.42. The van der Waals surface area contributed by atoms with E-state index in [1.165, 1.54) is 6.92 Å². The normalized spacial score (nSPS) is 14.3. The summed E-state index contributed by atoms with van der Waals surface area (Å²) in [7, 11) is -4.13. The van der Waals surface area contributed by atoms with Crippen LogP contribution in [0.15, 0.2) is 32.7 Å². The Morgan fingerprint density at radius 2 is 1.91 bits per heavy atom. The molecule has 0 saturated heterocycles. The Kier molecular flexibility index (Phi) is 3.52. The van der Waals surface area contributed by atoms with Crippen LogP contribution in [0.1, 0.15) is 11.3 Å².